The third-order valence-electron chi connectivity index (χ3n) is 9.22. The molecule has 194 valence electrons. The van der Waals surface area contributed by atoms with E-state index in [0.717, 1.165) is 17.1 Å². The molecule has 36 heavy (non-hydrogen) atoms. The van der Waals surface area contributed by atoms with Gasteiger partial charge in [0.15, 0.2) is 0 Å². The number of nitrogens with zero attached hydrogens (tertiary/aromatic N) is 2. The second-order valence-electron chi connectivity index (χ2n) is 10.9. The minimum Gasteiger partial charge on any atom is -0.459 e. The summed E-state index contributed by atoms with van der Waals surface area (Å²) in [5, 5.41) is 0. The Morgan fingerprint density at radius 3 is 2.33 bits per heavy atom. The van der Waals surface area contributed by atoms with Crippen LogP contribution in [-0.2, 0) is 36.2 Å². The van der Waals surface area contributed by atoms with Crippen molar-refractivity contribution in [1.29, 1.82) is 0 Å². The predicted molar refractivity (Wildman–Crippen MR) is 134 cm³/mol. The molecule has 5 rings (SSSR count). The molecule has 1 saturated heterocycles. The maximum Gasteiger partial charge on any atom is 0.328 e. The summed E-state index contributed by atoms with van der Waals surface area (Å²) in [6.45, 7) is 4.27. The van der Waals surface area contributed by atoms with Gasteiger partial charge < -0.3 is 4.74 Å². The molecule has 0 N–H and O–H groups in total. The highest BCUT2D eigenvalue weighted by atomic mass is 32.2. The number of ether oxygens (including phenoxy) is 1. The van der Waals surface area contributed by atoms with E-state index in [1.54, 1.807) is 42.5 Å². The van der Waals surface area contributed by atoms with Gasteiger partial charge in [0.2, 0.25) is 20.0 Å². The summed E-state index contributed by atoms with van der Waals surface area (Å²) in [5.74, 6) is -0.317. The van der Waals surface area contributed by atoms with Gasteiger partial charge in [-0.3, -0.25) is 0 Å². The van der Waals surface area contributed by atoms with Crippen LogP contribution in [0.3, 0.4) is 0 Å². The van der Waals surface area contributed by atoms with Crippen LogP contribution < -0.4 is 0 Å². The highest BCUT2D eigenvalue weighted by Crippen LogP contribution is 2.76. The third-order valence-corrected chi connectivity index (χ3v) is 12.9. The minimum atomic E-state index is -3.94. The minimum absolute atomic E-state index is 0.104. The Bertz CT molecular complexity index is 1430. The number of esters is 1. The fourth-order valence-electron chi connectivity index (χ4n) is 6.91. The molecule has 0 spiro atoms. The van der Waals surface area contributed by atoms with E-state index in [9.17, 15) is 21.6 Å². The Kier molecular flexibility index (Phi) is 5.72. The molecule has 4 unspecified atom stereocenters. The van der Waals surface area contributed by atoms with E-state index in [2.05, 4.69) is 6.92 Å². The molecule has 4 bridgehead atoms. The molecule has 8 nitrogen and oxygen atoms in total. The molecule has 0 radical (unpaired) electrons. The van der Waals surface area contributed by atoms with Gasteiger partial charge in [-0.15, -0.1) is 0 Å². The SMILES string of the molecule is CN(C)S(=O)(=O)c1cccc(COC(=O)C23CC4CCC2(C)C4(C)CN3S(=O)(=O)c2ccccc2)c1. The van der Waals surface area contributed by atoms with Crippen LogP contribution in [0.1, 0.15) is 38.7 Å². The highest BCUT2D eigenvalue weighted by molar-refractivity contribution is 7.89. The van der Waals surface area contributed by atoms with Crippen LogP contribution >= 0.6 is 0 Å². The second-order valence-corrected chi connectivity index (χ2v) is 14.9. The summed E-state index contributed by atoms with van der Waals surface area (Å²) in [7, 11) is -4.68. The first kappa shape index (κ1) is 25.4. The van der Waals surface area contributed by atoms with Crippen LogP contribution in [0, 0.1) is 16.7 Å². The maximum atomic E-state index is 14.0. The Morgan fingerprint density at radius 2 is 1.69 bits per heavy atom. The molecule has 2 saturated carbocycles. The van der Waals surface area contributed by atoms with Crippen LogP contribution in [0.4, 0.5) is 0 Å². The van der Waals surface area contributed by atoms with Crippen LogP contribution in [-0.4, -0.2) is 57.6 Å². The molecule has 4 atom stereocenters. The lowest BCUT2D eigenvalue weighted by molar-refractivity contribution is -0.162. The molecule has 10 heteroatoms. The van der Waals surface area contributed by atoms with E-state index < -0.39 is 37.0 Å². The van der Waals surface area contributed by atoms with E-state index >= 15 is 0 Å². The number of carbonyl (C=O) groups is 1. The number of benzene rings is 2. The van der Waals surface area contributed by atoms with Crippen molar-refractivity contribution >= 4 is 26.0 Å². The quantitative estimate of drug-likeness (QED) is 0.508. The average molecular weight is 533 g/mol. The zero-order chi connectivity index (χ0) is 26.1. The van der Waals surface area contributed by atoms with Gasteiger partial charge in [-0.2, -0.15) is 4.31 Å². The lowest BCUT2D eigenvalue weighted by Gasteiger charge is -2.45. The van der Waals surface area contributed by atoms with Crippen molar-refractivity contribution in [3.05, 3.63) is 60.2 Å². The van der Waals surface area contributed by atoms with Crippen molar-refractivity contribution in [2.24, 2.45) is 16.7 Å². The zero-order valence-electron chi connectivity index (χ0n) is 21.0. The summed E-state index contributed by atoms with van der Waals surface area (Å²) in [6.07, 6.45) is 2.15. The van der Waals surface area contributed by atoms with E-state index in [4.69, 9.17) is 4.74 Å². The topological polar surface area (TPSA) is 101 Å². The van der Waals surface area contributed by atoms with E-state index in [-0.39, 0.29) is 34.3 Å². The van der Waals surface area contributed by atoms with Gasteiger partial charge in [0, 0.05) is 26.1 Å². The normalized spacial score (nSPS) is 31.8. The molecule has 3 fully saturated rings. The molecule has 1 aliphatic heterocycles. The van der Waals surface area contributed by atoms with E-state index in [1.165, 1.54) is 30.5 Å². The second kappa shape index (κ2) is 8.11. The molecule has 0 amide bonds. The highest BCUT2D eigenvalue weighted by Gasteiger charge is 2.82. The van der Waals surface area contributed by atoms with E-state index in [1.807, 2.05) is 6.92 Å². The molecule has 2 aromatic carbocycles. The molecular formula is C26H32N2O6S2. The third kappa shape index (κ3) is 3.20. The smallest absolute Gasteiger partial charge is 0.328 e. The van der Waals surface area contributed by atoms with Gasteiger partial charge in [0.05, 0.1) is 9.79 Å². The number of hydrogen-bond donors (Lipinski definition) is 0. The molecule has 2 aliphatic carbocycles. The fraction of sp³-hybridized carbons (Fsp3) is 0.500. The zero-order valence-corrected chi connectivity index (χ0v) is 22.6. The van der Waals surface area contributed by atoms with Crippen molar-refractivity contribution in [1.82, 2.24) is 8.61 Å². The molecule has 2 aromatic rings. The lowest BCUT2D eigenvalue weighted by atomic mass is 9.66. The van der Waals surface area contributed by atoms with Gasteiger partial charge in [-0.25, -0.2) is 25.9 Å². The van der Waals surface area contributed by atoms with Crippen molar-refractivity contribution < 1.29 is 26.4 Å². The summed E-state index contributed by atoms with van der Waals surface area (Å²) in [4.78, 5) is 14.2. The number of sulfonamides is 2. The predicted octanol–water partition coefficient (Wildman–Crippen LogP) is 3.25. The van der Waals surface area contributed by atoms with E-state index in [0.29, 0.717) is 12.0 Å². The lowest BCUT2D eigenvalue weighted by Crippen LogP contribution is -2.61. The van der Waals surface area contributed by atoms with Crippen molar-refractivity contribution in [3.8, 4) is 0 Å². The van der Waals surface area contributed by atoms with Gasteiger partial charge in [0.25, 0.3) is 0 Å². The molecule has 1 heterocycles. The summed E-state index contributed by atoms with van der Waals surface area (Å²) in [5.41, 5.74) is -1.66. The standard InChI is InChI=1S/C26H32N2O6S2/c1-24-18-28(36(32,33)21-10-6-5-7-11-21)26(16-20(24)13-14-25(24,26)2)23(29)34-17-19-9-8-12-22(15-19)35(30,31)27(3)4/h5-12,15,20H,13-14,16-18H2,1-4H3. The Morgan fingerprint density at radius 1 is 1.03 bits per heavy atom. The summed E-state index contributed by atoms with van der Waals surface area (Å²) >= 11 is 0. The first-order valence-corrected chi connectivity index (χ1v) is 15.0. The summed E-state index contributed by atoms with van der Waals surface area (Å²) < 4.78 is 61.1. The summed E-state index contributed by atoms with van der Waals surface area (Å²) in [6, 6.07) is 14.5. The van der Waals surface area contributed by atoms with Gasteiger partial charge in [0.1, 0.15) is 12.1 Å². The maximum absolute atomic E-state index is 14.0. The van der Waals surface area contributed by atoms with Crippen molar-refractivity contribution in [2.45, 2.75) is 55.0 Å². The van der Waals surface area contributed by atoms with Crippen LogP contribution in [0.25, 0.3) is 0 Å². The number of hydrogen-bond acceptors (Lipinski definition) is 6. The fourth-order valence-corrected chi connectivity index (χ4v) is 9.84. The Labute approximate surface area is 213 Å². The van der Waals surface area contributed by atoms with Crippen molar-refractivity contribution in [2.75, 3.05) is 20.6 Å². The van der Waals surface area contributed by atoms with Gasteiger partial charge in [-0.05, 0) is 60.4 Å². The van der Waals surface area contributed by atoms with Crippen LogP contribution in [0.15, 0.2) is 64.4 Å². The largest absolute Gasteiger partial charge is 0.459 e. The van der Waals surface area contributed by atoms with Crippen molar-refractivity contribution in [3.63, 3.8) is 0 Å². The van der Waals surface area contributed by atoms with Gasteiger partial charge in [-0.1, -0.05) is 44.2 Å². The van der Waals surface area contributed by atoms with Crippen LogP contribution in [0.2, 0.25) is 0 Å². The Balaban J connectivity index is 1.49. The van der Waals surface area contributed by atoms with Gasteiger partial charge >= 0.3 is 5.97 Å². The van der Waals surface area contributed by atoms with Crippen LogP contribution in [0.5, 0.6) is 0 Å². The molecule has 0 aromatic heterocycles. The molecule has 3 aliphatic rings. The average Bonchev–Trinajstić information content (AvgIpc) is 3.31. The molecular weight excluding hydrogens is 500 g/mol. The first-order valence-electron chi connectivity index (χ1n) is 12.1. The number of carbonyl (C=O) groups excluding carboxylic acids is 1. The Hall–Kier alpha value is -2.27. The number of piperidine rings is 1. The monoisotopic (exact) mass is 532 g/mol. The first-order chi connectivity index (χ1) is 16.8. The number of rotatable bonds is 7.